The lowest BCUT2D eigenvalue weighted by Gasteiger charge is -2.23. The van der Waals surface area contributed by atoms with Crippen LogP contribution in [0.1, 0.15) is 30.9 Å². The van der Waals surface area contributed by atoms with E-state index in [0.29, 0.717) is 21.8 Å². The highest BCUT2D eigenvalue weighted by atomic mass is 35.5. The number of halogens is 2. The Labute approximate surface area is 177 Å². The molecule has 2 aromatic carbocycles. The highest BCUT2D eigenvalue weighted by Gasteiger charge is 2.22. The molecule has 0 aromatic heterocycles. The van der Waals surface area contributed by atoms with Crippen molar-refractivity contribution in [1.82, 2.24) is 10.2 Å². The molecule has 1 saturated heterocycles. The summed E-state index contributed by atoms with van der Waals surface area (Å²) in [5.74, 6) is 1.44. The molecule has 1 fully saturated rings. The SMILES string of the molecule is CCN1CCC[C@@H]1CNCc1cccc(OC)c1OCc1c(Cl)cccc1Cl. The molecule has 1 N–H and O–H groups in total. The van der Waals surface area contributed by atoms with Crippen LogP contribution in [0.15, 0.2) is 36.4 Å². The highest BCUT2D eigenvalue weighted by Crippen LogP contribution is 2.33. The summed E-state index contributed by atoms with van der Waals surface area (Å²) in [7, 11) is 1.65. The van der Waals surface area contributed by atoms with E-state index in [-0.39, 0.29) is 6.61 Å². The zero-order chi connectivity index (χ0) is 19.9. The molecular weight excluding hydrogens is 395 g/mol. The van der Waals surface area contributed by atoms with E-state index >= 15 is 0 Å². The van der Waals surface area contributed by atoms with Crippen LogP contribution in [0.2, 0.25) is 10.0 Å². The molecule has 0 amide bonds. The third kappa shape index (κ3) is 5.12. The summed E-state index contributed by atoms with van der Waals surface area (Å²) >= 11 is 12.6. The van der Waals surface area contributed by atoms with Crippen LogP contribution in [0.25, 0.3) is 0 Å². The van der Waals surface area contributed by atoms with Gasteiger partial charge in [0.25, 0.3) is 0 Å². The van der Waals surface area contributed by atoms with Gasteiger partial charge in [-0.25, -0.2) is 0 Å². The van der Waals surface area contributed by atoms with E-state index in [4.69, 9.17) is 32.7 Å². The molecular formula is C22H28Cl2N2O2. The van der Waals surface area contributed by atoms with E-state index in [1.807, 2.05) is 30.3 Å². The molecule has 0 spiro atoms. The van der Waals surface area contributed by atoms with Crippen LogP contribution in [-0.4, -0.2) is 37.7 Å². The first kappa shape index (κ1) is 21.3. The molecule has 1 aliphatic rings. The Kier molecular flexibility index (Phi) is 7.86. The van der Waals surface area contributed by atoms with Crippen LogP contribution in [0.3, 0.4) is 0 Å². The maximum absolute atomic E-state index is 6.28. The summed E-state index contributed by atoms with van der Waals surface area (Å²) in [4.78, 5) is 2.54. The second-order valence-electron chi connectivity index (χ2n) is 6.99. The third-order valence-electron chi connectivity index (χ3n) is 5.30. The monoisotopic (exact) mass is 422 g/mol. The van der Waals surface area contributed by atoms with Crippen LogP contribution in [-0.2, 0) is 13.2 Å². The molecule has 0 aliphatic carbocycles. The molecule has 0 unspecified atom stereocenters. The Hall–Kier alpha value is -1.46. The minimum absolute atomic E-state index is 0.290. The minimum atomic E-state index is 0.290. The van der Waals surface area contributed by atoms with Gasteiger partial charge in [-0.3, -0.25) is 4.90 Å². The van der Waals surface area contributed by atoms with E-state index in [1.54, 1.807) is 7.11 Å². The minimum Gasteiger partial charge on any atom is -0.493 e. The summed E-state index contributed by atoms with van der Waals surface area (Å²) in [5, 5.41) is 4.79. The Bertz CT molecular complexity index is 765. The van der Waals surface area contributed by atoms with Gasteiger partial charge in [-0.05, 0) is 44.1 Å². The first-order chi connectivity index (χ1) is 13.6. The van der Waals surface area contributed by atoms with Gasteiger partial charge in [0.1, 0.15) is 6.61 Å². The van der Waals surface area contributed by atoms with E-state index in [0.717, 1.165) is 36.5 Å². The van der Waals surface area contributed by atoms with Gasteiger partial charge in [0, 0.05) is 40.3 Å². The lowest BCUT2D eigenvalue weighted by Crippen LogP contribution is -2.37. The molecule has 0 bridgehead atoms. The van der Waals surface area contributed by atoms with Crippen LogP contribution in [0.5, 0.6) is 11.5 Å². The summed E-state index contributed by atoms with van der Waals surface area (Å²) < 4.78 is 11.6. The van der Waals surface area contributed by atoms with Gasteiger partial charge in [0.2, 0.25) is 0 Å². The van der Waals surface area contributed by atoms with Crippen molar-refractivity contribution < 1.29 is 9.47 Å². The van der Waals surface area contributed by atoms with Crippen LogP contribution in [0, 0.1) is 0 Å². The van der Waals surface area contributed by atoms with Crippen LogP contribution >= 0.6 is 23.2 Å². The summed E-state index contributed by atoms with van der Waals surface area (Å²) in [6, 6.07) is 12.0. The van der Waals surface area contributed by atoms with Gasteiger partial charge in [-0.2, -0.15) is 0 Å². The number of hydrogen-bond acceptors (Lipinski definition) is 4. The average Bonchev–Trinajstić information content (AvgIpc) is 3.15. The van der Waals surface area contributed by atoms with Crippen molar-refractivity contribution in [3.63, 3.8) is 0 Å². The third-order valence-corrected chi connectivity index (χ3v) is 6.01. The number of likely N-dealkylation sites (N-methyl/N-ethyl adjacent to an activating group) is 1. The number of likely N-dealkylation sites (tertiary alicyclic amines) is 1. The summed E-state index contributed by atoms with van der Waals surface area (Å²) in [6.07, 6.45) is 2.54. The zero-order valence-electron chi connectivity index (χ0n) is 16.5. The fourth-order valence-electron chi connectivity index (χ4n) is 3.76. The van der Waals surface area contributed by atoms with Crippen molar-refractivity contribution >= 4 is 23.2 Å². The van der Waals surface area contributed by atoms with Gasteiger partial charge in [0.05, 0.1) is 7.11 Å². The summed E-state index contributed by atoms with van der Waals surface area (Å²) in [5.41, 5.74) is 1.84. The van der Waals surface area contributed by atoms with Gasteiger partial charge in [-0.1, -0.05) is 48.3 Å². The normalized spacial score (nSPS) is 17.1. The van der Waals surface area contributed by atoms with Crippen molar-refractivity contribution in [3.05, 3.63) is 57.6 Å². The van der Waals surface area contributed by atoms with E-state index in [1.165, 1.54) is 19.4 Å². The predicted octanol–water partition coefficient (Wildman–Crippen LogP) is 5.15. The van der Waals surface area contributed by atoms with Gasteiger partial charge >= 0.3 is 0 Å². The quantitative estimate of drug-likeness (QED) is 0.605. The van der Waals surface area contributed by atoms with Crippen molar-refractivity contribution in [2.24, 2.45) is 0 Å². The largest absolute Gasteiger partial charge is 0.493 e. The number of benzene rings is 2. The van der Waals surface area contributed by atoms with E-state index in [9.17, 15) is 0 Å². The number of rotatable bonds is 9. The number of ether oxygens (including phenoxy) is 2. The van der Waals surface area contributed by atoms with Gasteiger partial charge < -0.3 is 14.8 Å². The molecule has 6 heteroatoms. The molecule has 4 nitrogen and oxygen atoms in total. The number of nitrogens with zero attached hydrogens (tertiary/aromatic N) is 1. The van der Waals surface area contributed by atoms with Crippen molar-refractivity contribution in [1.29, 1.82) is 0 Å². The van der Waals surface area contributed by atoms with Crippen molar-refractivity contribution in [2.45, 2.75) is 39.0 Å². The maximum atomic E-state index is 6.28. The highest BCUT2D eigenvalue weighted by molar-refractivity contribution is 6.35. The second kappa shape index (κ2) is 10.4. The lowest BCUT2D eigenvalue weighted by molar-refractivity contribution is 0.258. The van der Waals surface area contributed by atoms with E-state index < -0.39 is 0 Å². The summed E-state index contributed by atoms with van der Waals surface area (Å²) in [6.45, 7) is 6.52. The number of para-hydroxylation sites is 1. The number of methoxy groups -OCH3 is 1. The fraction of sp³-hybridized carbons (Fsp3) is 0.455. The molecule has 1 aliphatic heterocycles. The van der Waals surface area contributed by atoms with Crippen molar-refractivity contribution in [2.75, 3.05) is 26.7 Å². The van der Waals surface area contributed by atoms with Gasteiger partial charge in [0.15, 0.2) is 11.5 Å². The van der Waals surface area contributed by atoms with Crippen LogP contribution < -0.4 is 14.8 Å². The second-order valence-corrected chi connectivity index (χ2v) is 7.81. The fourth-order valence-corrected chi connectivity index (χ4v) is 4.26. The molecule has 152 valence electrons. The topological polar surface area (TPSA) is 33.7 Å². The molecule has 3 rings (SSSR count). The Morgan fingerprint density at radius 1 is 1.14 bits per heavy atom. The van der Waals surface area contributed by atoms with Gasteiger partial charge in [-0.15, -0.1) is 0 Å². The Morgan fingerprint density at radius 3 is 2.61 bits per heavy atom. The molecule has 2 aromatic rings. The molecule has 1 atom stereocenters. The zero-order valence-corrected chi connectivity index (χ0v) is 18.0. The average molecular weight is 423 g/mol. The van der Waals surface area contributed by atoms with Crippen LogP contribution in [0.4, 0.5) is 0 Å². The molecule has 0 radical (unpaired) electrons. The predicted molar refractivity (Wildman–Crippen MR) is 116 cm³/mol. The Morgan fingerprint density at radius 2 is 1.89 bits per heavy atom. The first-order valence-electron chi connectivity index (χ1n) is 9.80. The lowest BCUT2D eigenvalue weighted by atomic mass is 10.1. The molecule has 28 heavy (non-hydrogen) atoms. The molecule has 1 heterocycles. The smallest absolute Gasteiger partial charge is 0.166 e. The standard InChI is InChI=1S/C22H28Cl2N2O2/c1-3-26-12-6-8-17(26)14-25-13-16-7-4-11-21(27-2)22(16)28-15-18-19(23)9-5-10-20(18)24/h4-5,7,9-11,17,25H,3,6,8,12-15H2,1-2H3/t17-/m1/s1. The first-order valence-corrected chi connectivity index (χ1v) is 10.6. The van der Waals surface area contributed by atoms with E-state index in [2.05, 4.69) is 23.2 Å². The maximum Gasteiger partial charge on any atom is 0.166 e. The molecule has 0 saturated carbocycles. The number of hydrogen-bond donors (Lipinski definition) is 1. The Balaban J connectivity index is 1.68. The van der Waals surface area contributed by atoms with Crippen molar-refractivity contribution in [3.8, 4) is 11.5 Å². The number of nitrogens with one attached hydrogen (secondary N) is 1.